The molecule has 0 saturated heterocycles. The number of carbonyl (C=O) groups excluding carboxylic acids is 3. The molecule has 0 heterocycles. The van der Waals surface area contributed by atoms with E-state index in [9.17, 15) is 14.4 Å². The molecule has 0 aromatic carbocycles. The normalized spacial score (nSPS) is 13.3. The summed E-state index contributed by atoms with van der Waals surface area (Å²) >= 11 is 0. The average molecular weight is 951 g/mol. The molecule has 0 spiro atoms. The molecule has 0 fully saturated rings. The van der Waals surface area contributed by atoms with Crippen LogP contribution in [-0.4, -0.2) is 37.2 Å². The molecule has 0 aromatic heterocycles. The number of carbonyl (C=O) groups is 3. The summed E-state index contributed by atoms with van der Waals surface area (Å²) in [5, 5.41) is 0. The van der Waals surface area contributed by atoms with Crippen LogP contribution in [-0.2, 0) is 28.6 Å². The Hall–Kier alpha value is -4.71. The van der Waals surface area contributed by atoms with Crippen molar-refractivity contribution in [2.45, 2.75) is 219 Å². The second-order valence-electron chi connectivity index (χ2n) is 17.4. The van der Waals surface area contributed by atoms with E-state index in [1.165, 1.54) is 6.42 Å². The van der Waals surface area contributed by atoms with Crippen molar-refractivity contribution in [3.05, 3.63) is 146 Å². The van der Waals surface area contributed by atoms with E-state index in [0.717, 1.165) is 161 Å². The second kappa shape index (κ2) is 55.9. The monoisotopic (exact) mass is 951 g/mol. The first kappa shape index (κ1) is 64.3. The molecule has 1 atom stereocenters. The second-order valence-corrected chi connectivity index (χ2v) is 17.4. The Balaban J connectivity index is 4.53. The van der Waals surface area contributed by atoms with Gasteiger partial charge in [0.1, 0.15) is 13.2 Å². The molecular formula is C63H98O6. The van der Waals surface area contributed by atoms with Crippen LogP contribution in [0.25, 0.3) is 0 Å². The van der Waals surface area contributed by atoms with Crippen LogP contribution in [0.15, 0.2) is 146 Å². The largest absolute Gasteiger partial charge is 0.462 e. The first-order valence-electron chi connectivity index (χ1n) is 27.3. The molecule has 1 unspecified atom stereocenters. The molecule has 0 N–H and O–H groups in total. The van der Waals surface area contributed by atoms with E-state index in [0.29, 0.717) is 12.8 Å². The highest BCUT2D eigenvalue weighted by atomic mass is 16.6. The van der Waals surface area contributed by atoms with E-state index in [2.05, 4.69) is 167 Å². The summed E-state index contributed by atoms with van der Waals surface area (Å²) in [6, 6.07) is 0. The topological polar surface area (TPSA) is 78.9 Å². The van der Waals surface area contributed by atoms with Crippen molar-refractivity contribution in [2.24, 2.45) is 0 Å². The number of hydrogen-bond donors (Lipinski definition) is 0. The zero-order valence-corrected chi connectivity index (χ0v) is 44.0. The summed E-state index contributed by atoms with van der Waals surface area (Å²) in [7, 11) is 0. The Morgan fingerprint density at radius 3 is 0.942 bits per heavy atom. The van der Waals surface area contributed by atoms with Crippen molar-refractivity contribution in [1.29, 1.82) is 0 Å². The van der Waals surface area contributed by atoms with Gasteiger partial charge in [0.2, 0.25) is 0 Å². The van der Waals surface area contributed by atoms with Gasteiger partial charge in [-0.15, -0.1) is 0 Å². The van der Waals surface area contributed by atoms with Gasteiger partial charge in [-0.05, 0) is 128 Å². The SMILES string of the molecule is CC/C=C\C/C=C\C/C=C\C/C=C\C/C=C\C/C=C\C/C=C\CCCC(=O)OCC(COC(=O)CCCCCCC/C=C\C/C=C\CCC)OC(=O)CCCCCCC/C=C\C/C=C\C/C=C\CC. The van der Waals surface area contributed by atoms with E-state index in [1.807, 2.05) is 0 Å². The lowest BCUT2D eigenvalue weighted by molar-refractivity contribution is -0.167. The predicted molar refractivity (Wildman–Crippen MR) is 297 cm³/mol. The summed E-state index contributed by atoms with van der Waals surface area (Å²) in [4.78, 5) is 38.1. The third-order valence-electron chi connectivity index (χ3n) is 10.8. The third kappa shape index (κ3) is 54.1. The molecule has 69 heavy (non-hydrogen) atoms. The first-order valence-corrected chi connectivity index (χ1v) is 27.3. The van der Waals surface area contributed by atoms with Crippen molar-refractivity contribution in [3.63, 3.8) is 0 Å². The van der Waals surface area contributed by atoms with E-state index in [1.54, 1.807) is 0 Å². The van der Waals surface area contributed by atoms with Gasteiger partial charge >= 0.3 is 17.9 Å². The summed E-state index contributed by atoms with van der Waals surface area (Å²) in [5.41, 5.74) is 0. The molecule has 6 nitrogen and oxygen atoms in total. The van der Waals surface area contributed by atoms with Gasteiger partial charge < -0.3 is 14.2 Å². The number of allylic oxidation sites excluding steroid dienone is 24. The Bertz CT molecular complexity index is 1560. The average Bonchev–Trinajstić information content (AvgIpc) is 3.35. The van der Waals surface area contributed by atoms with Crippen LogP contribution in [0.1, 0.15) is 213 Å². The molecule has 0 rings (SSSR count). The van der Waals surface area contributed by atoms with Crippen LogP contribution in [0.2, 0.25) is 0 Å². The summed E-state index contributed by atoms with van der Waals surface area (Å²) in [6.45, 7) is 6.25. The lowest BCUT2D eigenvalue weighted by Crippen LogP contribution is -2.30. The maximum Gasteiger partial charge on any atom is 0.306 e. The van der Waals surface area contributed by atoms with E-state index < -0.39 is 6.10 Å². The molecule has 0 saturated carbocycles. The fraction of sp³-hybridized carbons (Fsp3) is 0.571. The molecule has 0 aliphatic carbocycles. The number of unbranched alkanes of at least 4 members (excludes halogenated alkanes) is 12. The zero-order valence-electron chi connectivity index (χ0n) is 44.0. The third-order valence-corrected chi connectivity index (χ3v) is 10.8. The Morgan fingerprint density at radius 1 is 0.304 bits per heavy atom. The minimum Gasteiger partial charge on any atom is -0.462 e. The molecule has 6 heteroatoms. The quantitative estimate of drug-likeness (QED) is 0.0262. The smallest absolute Gasteiger partial charge is 0.306 e. The lowest BCUT2D eigenvalue weighted by Gasteiger charge is -2.18. The zero-order chi connectivity index (χ0) is 50.0. The molecule has 0 aromatic rings. The molecule has 0 radical (unpaired) electrons. The summed E-state index contributed by atoms with van der Waals surface area (Å²) < 4.78 is 16.7. The van der Waals surface area contributed by atoms with Gasteiger partial charge in [-0.3, -0.25) is 14.4 Å². The van der Waals surface area contributed by atoms with Crippen molar-refractivity contribution in [1.82, 2.24) is 0 Å². The number of esters is 3. The van der Waals surface area contributed by atoms with Crippen LogP contribution >= 0.6 is 0 Å². The summed E-state index contributed by atoms with van der Waals surface area (Å²) in [6.07, 6.45) is 79.8. The summed E-state index contributed by atoms with van der Waals surface area (Å²) in [5.74, 6) is -1.02. The van der Waals surface area contributed by atoms with Crippen LogP contribution in [0.5, 0.6) is 0 Å². The van der Waals surface area contributed by atoms with Gasteiger partial charge in [0.25, 0.3) is 0 Å². The number of hydrogen-bond acceptors (Lipinski definition) is 6. The maximum absolute atomic E-state index is 12.8. The van der Waals surface area contributed by atoms with Crippen LogP contribution < -0.4 is 0 Å². The molecular weight excluding hydrogens is 853 g/mol. The fourth-order valence-corrected chi connectivity index (χ4v) is 6.78. The van der Waals surface area contributed by atoms with Crippen molar-refractivity contribution in [3.8, 4) is 0 Å². The highest BCUT2D eigenvalue weighted by Crippen LogP contribution is 2.12. The van der Waals surface area contributed by atoms with Gasteiger partial charge in [0, 0.05) is 19.3 Å². The van der Waals surface area contributed by atoms with E-state index in [4.69, 9.17) is 14.2 Å². The molecule has 0 bridgehead atoms. The maximum atomic E-state index is 12.8. The van der Waals surface area contributed by atoms with Crippen LogP contribution in [0, 0.1) is 0 Å². The predicted octanol–water partition coefficient (Wildman–Crippen LogP) is 18.4. The minimum atomic E-state index is -0.823. The van der Waals surface area contributed by atoms with Crippen LogP contribution in [0.4, 0.5) is 0 Å². The standard InChI is InChI=1S/C63H98O6/c1-4-7-10-13-16-19-22-25-27-28-29-30-31-32-33-34-36-38-41-44-47-50-53-56-62(65)68-59-60(58-67-61(64)55-52-49-46-43-40-37-24-21-18-15-12-9-6-3)69-63(66)57-54-51-48-45-42-39-35-26-23-20-17-14-11-8-5-2/h7-8,10-12,15-17,19-21,24-27,29-30,32-33,35-36,38,44,47,60H,4-6,9,13-14,18,22-23,28,31,34,37,39-43,45-46,48-59H2,1-3H3/b10-7-,11-8-,15-12-,19-16-,20-17-,24-21-,27-25-,30-29-,33-32-,35-26-,38-36-,47-44-. The van der Waals surface area contributed by atoms with Crippen molar-refractivity contribution >= 4 is 17.9 Å². The molecule has 0 aliphatic rings. The lowest BCUT2D eigenvalue weighted by atomic mass is 10.1. The van der Waals surface area contributed by atoms with Crippen molar-refractivity contribution < 1.29 is 28.6 Å². The highest BCUT2D eigenvalue weighted by Gasteiger charge is 2.19. The van der Waals surface area contributed by atoms with Gasteiger partial charge in [0.15, 0.2) is 6.10 Å². The van der Waals surface area contributed by atoms with Gasteiger partial charge in [-0.25, -0.2) is 0 Å². The Kier molecular flexibility index (Phi) is 52.1. The van der Waals surface area contributed by atoms with Crippen LogP contribution in [0.3, 0.4) is 0 Å². The van der Waals surface area contributed by atoms with E-state index >= 15 is 0 Å². The first-order chi connectivity index (χ1) is 34.0. The highest BCUT2D eigenvalue weighted by molar-refractivity contribution is 5.71. The van der Waals surface area contributed by atoms with E-state index in [-0.39, 0.29) is 44.0 Å². The fourth-order valence-electron chi connectivity index (χ4n) is 6.78. The van der Waals surface area contributed by atoms with Gasteiger partial charge in [-0.2, -0.15) is 0 Å². The van der Waals surface area contributed by atoms with Gasteiger partial charge in [-0.1, -0.05) is 212 Å². The Morgan fingerprint density at radius 2 is 0.580 bits per heavy atom. The minimum absolute atomic E-state index is 0.117. The Labute approximate surface area is 423 Å². The molecule has 386 valence electrons. The number of rotatable bonds is 47. The molecule has 0 aliphatic heterocycles. The van der Waals surface area contributed by atoms with Crippen molar-refractivity contribution in [2.75, 3.05) is 13.2 Å². The van der Waals surface area contributed by atoms with Gasteiger partial charge in [0.05, 0.1) is 0 Å². The number of ether oxygens (including phenoxy) is 3. The molecule has 0 amide bonds.